The van der Waals surface area contributed by atoms with E-state index in [0.717, 1.165) is 28.9 Å². The average Bonchev–Trinajstić information content (AvgIpc) is 2.71. The lowest BCUT2D eigenvalue weighted by Crippen LogP contribution is -2.52. The smallest absolute Gasteiger partial charge is 0.325 e. The second kappa shape index (κ2) is 8.89. The molecule has 0 saturated carbocycles. The third-order valence-corrected chi connectivity index (χ3v) is 5.21. The van der Waals surface area contributed by atoms with Gasteiger partial charge < -0.3 is 14.7 Å². The first kappa shape index (κ1) is 19.9. The van der Waals surface area contributed by atoms with Gasteiger partial charge in [0.2, 0.25) is 5.91 Å². The lowest BCUT2D eigenvalue weighted by molar-refractivity contribution is -0.148. The summed E-state index contributed by atoms with van der Waals surface area (Å²) in [6, 6.07) is 14.4. The van der Waals surface area contributed by atoms with Crippen LogP contribution in [0.4, 0.5) is 0 Å². The monoisotopic (exact) mass is 382 g/mol. The molecule has 1 heterocycles. The summed E-state index contributed by atoms with van der Waals surface area (Å²) in [6.07, 6.45) is 0.755. The lowest BCUT2D eigenvalue weighted by Gasteiger charge is -2.37. The molecular weight excluding hydrogens is 356 g/mol. The number of aryl methyl sites for hydroxylation is 1. The van der Waals surface area contributed by atoms with E-state index in [9.17, 15) is 14.7 Å². The van der Waals surface area contributed by atoms with Crippen LogP contribution < -0.4 is 4.74 Å². The number of carboxylic acids is 1. The van der Waals surface area contributed by atoms with E-state index in [-0.39, 0.29) is 12.5 Å². The number of benzene rings is 2. The van der Waals surface area contributed by atoms with Crippen LogP contribution in [0.1, 0.15) is 29.7 Å². The van der Waals surface area contributed by atoms with E-state index in [4.69, 9.17) is 4.74 Å². The molecule has 2 aromatic rings. The Kier molecular flexibility index (Phi) is 6.31. The molecule has 1 amide bonds. The van der Waals surface area contributed by atoms with E-state index in [2.05, 4.69) is 0 Å². The molecule has 1 aliphatic heterocycles. The molecule has 0 spiro atoms. The minimum atomic E-state index is -0.919. The zero-order chi connectivity index (χ0) is 20.1. The molecule has 3 rings (SSSR count). The Balaban J connectivity index is 1.72. The molecule has 148 valence electrons. The van der Waals surface area contributed by atoms with E-state index in [1.54, 1.807) is 16.9 Å². The number of methoxy groups -OCH3 is 1. The number of hydrogen-bond donors (Lipinski definition) is 1. The fourth-order valence-electron chi connectivity index (χ4n) is 3.67. The van der Waals surface area contributed by atoms with E-state index in [1.807, 2.05) is 55.5 Å². The Morgan fingerprint density at radius 1 is 1.14 bits per heavy atom. The number of hydrogen-bond acceptors (Lipinski definition) is 4. The van der Waals surface area contributed by atoms with Crippen LogP contribution in [0, 0.1) is 0 Å². The van der Waals surface area contributed by atoms with Gasteiger partial charge in [-0.15, -0.1) is 0 Å². The zero-order valence-corrected chi connectivity index (χ0v) is 16.3. The Hall–Kier alpha value is -2.86. The first-order valence-corrected chi connectivity index (χ1v) is 9.48. The quantitative estimate of drug-likeness (QED) is 0.797. The number of piperazine rings is 1. The molecule has 6 heteroatoms. The molecule has 2 aromatic carbocycles. The molecular formula is C22H26N2O4. The standard InChI is InChI=1S/C22H26N2O4/c1-3-17-6-4-5-7-19(17)21(22(26)27)24-13-12-23(20(25)15-24)14-16-8-10-18(28-2)11-9-16/h4-11,21H,3,12-15H2,1-2H3,(H,26,27)/t21-/m0/s1. The number of aliphatic carboxylic acids is 1. The second-order valence-electron chi connectivity index (χ2n) is 6.93. The summed E-state index contributed by atoms with van der Waals surface area (Å²) in [6.45, 7) is 3.65. The van der Waals surface area contributed by atoms with Crippen molar-refractivity contribution in [2.45, 2.75) is 25.9 Å². The van der Waals surface area contributed by atoms with Crippen LogP contribution in [-0.4, -0.2) is 53.5 Å². The van der Waals surface area contributed by atoms with Crippen molar-refractivity contribution in [2.75, 3.05) is 26.7 Å². The number of carbonyl (C=O) groups is 2. The van der Waals surface area contributed by atoms with Gasteiger partial charge in [-0.2, -0.15) is 0 Å². The van der Waals surface area contributed by atoms with E-state index >= 15 is 0 Å². The molecule has 1 atom stereocenters. The largest absolute Gasteiger partial charge is 0.497 e. The maximum absolute atomic E-state index is 12.7. The minimum Gasteiger partial charge on any atom is -0.497 e. The number of amides is 1. The van der Waals surface area contributed by atoms with Crippen molar-refractivity contribution in [1.29, 1.82) is 0 Å². The lowest BCUT2D eigenvalue weighted by atomic mass is 9.97. The average molecular weight is 382 g/mol. The zero-order valence-electron chi connectivity index (χ0n) is 16.3. The Morgan fingerprint density at radius 2 is 1.86 bits per heavy atom. The van der Waals surface area contributed by atoms with Gasteiger partial charge in [-0.05, 0) is 35.2 Å². The van der Waals surface area contributed by atoms with Gasteiger partial charge in [-0.1, -0.05) is 43.3 Å². The Morgan fingerprint density at radius 3 is 2.46 bits per heavy atom. The molecule has 28 heavy (non-hydrogen) atoms. The highest BCUT2D eigenvalue weighted by atomic mass is 16.5. The first-order valence-electron chi connectivity index (χ1n) is 9.48. The fraction of sp³-hybridized carbons (Fsp3) is 0.364. The topological polar surface area (TPSA) is 70.1 Å². The van der Waals surface area contributed by atoms with Gasteiger partial charge in [0.1, 0.15) is 11.8 Å². The van der Waals surface area contributed by atoms with Crippen molar-refractivity contribution in [3.63, 3.8) is 0 Å². The normalized spacial score (nSPS) is 16.1. The van der Waals surface area contributed by atoms with Crippen LogP contribution in [0.25, 0.3) is 0 Å². The van der Waals surface area contributed by atoms with Crippen LogP contribution in [0.3, 0.4) is 0 Å². The van der Waals surface area contributed by atoms with Crippen molar-refractivity contribution < 1.29 is 19.4 Å². The number of ether oxygens (including phenoxy) is 1. The molecule has 1 fully saturated rings. The number of carboxylic acid groups (broad SMARTS) is 1. The predicted molar refractivity (Wildman–Crippen MR) is 106 cm³/mol. The molecule has 0 unspecified atom stereocenters. The third kappa shape index (κ3) is 4.34. The van der Waals surface area contributed by atoms with E-state index in [1.165, 1.54) is 0 Å². The molecule has 1 saturated heterocycles. The van der Waals surface area contributed by atoms with Crippen LogP contribution >= 0.6 is 0 Å². The summed E-state index contributed by atoms with van der Waals surface area (Å²) in [4.78, 5) is 28.3. The van der Waals surface area contributed by atoms with Gasteiger partial charge >= 0.3 is 5.97 Å². The van der Waals surface area contributed by atoms with Crippen LogP contribution in [0.5, 0.6) is 5.75 Å². The fourth-order valence-corrected chi connectivity index (χ4v) is 3.67. The van der Waals surface area contributed by atoms with Gasteiger partial charge in [0, 0.05) is 19.6 Å². The predicted octanol–water partition coefficient (Wildman–Crippen LogP) is 2.73. The van der Waals surface area contributed by atoms with Gasteiger partial charge in [-0.25, -0.2) is 0 Å². The Bertz CT molecular complexity index is 835. The summed E-state index contributed by atoms with van der Waals surface area (Å²) in [5, 5.41) is 9.86. The van der Waals surface area contributed by atoms with Gasteiger partial charge in [-0.3, -0.25) is 14.5 Å². The van der Waals surface area contributed by atoms with Gasteiger partial charge in [0.25, 0.3) is 0 Å². The van der Waals surface area contributed by atoms with Crippen LogP contribution in [-0.2, 0) is 22.6 Å². The van der Waals surface area contributed by atoms with Gasteiger partial charge in [0.05, 0.1) is 13.7 Å². The maximum Gasteiger partial charge on any atom is 0.325 e. The second-order valence-corrected chi connectivity index (χ2v) is 6.93. The summed E-state index contributed by atoms with van der Waals surface area (Å²) in [5.41, 5.74) is 2.80. The van der Waals surface area contributed by atoms with E-state index < -0.39 is 12.0 Å². The highest BCUT2D eigenvalue weighted by molar-refractivity contribution is 5.81. The minimum absolute atomic E-state index is 0.0534. The van der Waals surface area contributed by atoms with Crippen molar-refractivity contribution in [3.8, 4) is 5.75 Å². The van der Waals surface area contributed by atoms with Crippen LogP contribution in [0.2, 0.25) is 0 Å². The highest BCUT2D eigenvalue weighted by Gasteiger charge is 2.34. The third-order valence-electron chi connectivity index (χ3n) is 5.21. The van der Waals surface area contributed by atoms with E-state index in [0.29, 0.717) is 19.6 Å². The summed E-state index contributed by atoms with van der Waals surface area (Å²) in [5.74, 6) is -0.196. The van der Waals surface area contributed by atoms with Crippen LogP contribution in [0.15, 0.2) is 48.5 Å². The van der Waals surface area contributed by atoms with Crippen molar-refractivity contribution >= 4 is 11.9 Å². The molecule has 0 radical (unpaired) electrons. The summed E-state index contributed by atoms with van der Waals surface area (Å²) in [7, 11) is 1.62. The SMILES string of the molecule is CCc1ccccc1[C@@H](C(=O)O)N1CCN(Cc2ccc(OC)cc2)C(=O)C1. The molecule has 1 N–H and O–H groups in total. The maximum atomic E-state index is 12.7. The highest BCUT2D eigenvalue weighted by Crippen LogP contribution is 2.27. The van der Waals surface area contributed by atoms with Crippen molar-refractivity contribution in [1.82, 2.24) is 9.80 Å². The van der Waals surface area contributed by atoms with Crippen molar-refractivity contribution in [2.24, 2.45) is 0 Å². The molecule has 1 aliphatic rings. The molecule has 0 aliphatic carbocycles. The number of carbonyl (C=O) groups excluding carboxylic acids is 1. The number of nitrogens with zero attached hydrogens (tertiary/aromatic N) is 2. The number of rotatable bonds is 7. The van der Waals surface area contributed by atoms with Crippen molar-refractivity contribution in [3.05, 3.63) is 65.2 Å². The first-order chi connectivity index (χ1) is 13.5. The molecule has 6 nitrogen and oxygen atoms in total. The molecule has 0 aromatic heterocycles. The molecule has 0 bridgehead atoms. The Labute approximate surface area is 165 Å². The summed E-state index contributed by atoms with van der Waals surface area (Å²) < 4.78 is 5.16. The summed E-state index contributed by atoms with van der Waals surface area (Å²) >= 11 is 0. The van der Waals surface area contributed by atoms with Gasteiger partial charge in [0.15, 0.2) is 0 Å².